The zero-order valence-electron chi connectivity index (χ0n) is 7.87. The monoisotopic (exact) mass is 292 g/mol. The minimum Gasteiger partial charge on any atom is -1.00 e. The summed E-state index contributed by atoms with van der Waals surface area (Å²) in [5.41, 5.74) is 0. The summed E-state index contributed by atoms with van der Waals surface area (Å²) in [6, 6.07) is 0. The Morgan fingerprint density at radius 2 is 0.867 bits per heavy atom. The first-order valence-electron chi connectivity index (χ1n) is 3.48. The van der Waals surface area contributed by atoms with Crippen LogP contribution in [-0.2, 0) is 0 Å². The molecule has 0 unspecified atom stereocenters. The number of rotatable bonds is 5. The molecule has 0 saturated heterocycles. The Balaban J connectivity index is -0.000000202. The molecule has 6 N–H and O–H groups in total. The number of aliphatic hydroxyl groups is 6. The zero-order valence-corrected chi connectivity index (χ0v) is 11.6. The van der Waals surface area contributed by atoms with Crippen molar-refractivity contribution >= 4 is 37.7 Å². The Kier molecular flexibility index (Phi) is 23.2. The molecule has 0 rings (SSSR count). The Morgan fingerprint density at radius 3 is 1.00 bits per heavy atom. The topological polar surface area (TPSA) is 121 Å². The molecule has 0 aromatic heterocycles. The fourth-order valence-electron chi connectivity index (χ4n) is 0.671. The SMILES string of the molecule is OC[C@@H](O)[C@@H](O)[C@H](O)[C@H](O)CO.[Ca+2].[Cl-].[Cl-]. The fourth-order valence-corrected chi connectivity index (χ4v) is 0.671. The quantitative estimate of drug-likeness (QED) is 0.280. The van der Waals surface area contributed by atoms with Crippen LogP contribution in [0.15, 0.2) is 0 Å². The van der Waals surface area contributed by atoms with Gasteiger partial charge in [0.2, 0.25) is 0 Å². The van der Waals surface area contributed by atoms with Crippen LogP contribution in [0.5, 0.6) is 0 Å². The van der Waals surface area contributed by atoms with Crippen LogP contribution >= 0.6 is 0 Å². The van der Waals surface area contributed by atoms with Gasteiger partial charge in [0.15, 0.2) is 0 Å². The molecular formula is C6H14CaCl2O6. The maximum absolute atomic E-state index is 8.96. The molecule has 0 aromatic rings. The van der Waals surface area contributed by atoms with Gasteiger partial charge in [-0.05, 0) is 0 Å². The second-order valence-electron chi connectivity index (χ2n) is 2.48. The molecule has 0 fully saturated rings. The standard InChI is InChI=1S/C6H14O6.Ca.2ClH/c7-1-3(9)5(11)6(12)4(10)2-8;;;/h3-12H,1-2H2;;2*1H/q;+2;;/p-2/t3-,4-,5-,6-;;;/m1.../s1. The first kappa shape index (κ1) is 25.4. The van der Waals surface area contributed by atoms with Gasteiger partial charge in [-0.15, -0.1) is 0 Å². The Bertz CT molecular complexity index is 118. The van der Waals surface area contributed by atoms with Crippen LogP contribution in [0.2, 0.25) is 0 Å². The van der Waals surface area contributed by atoms with Crippen LogP contribution in [0.3, 0.4) is 0 Å². The van der Waals surface area contributed by atoms with Gasteiger partial charge < -0.3 is 55.5 Å². The third-order valence-electron chi connectivity index (χ3n) is 1.51. The van der Waals surface area contributed by atoms with E-state index in [-0.39, 0.29) is 62.6 Å². The summed E-state index contributed by atoms with van der Waals surface area (Å²) >= 11 is 0. The van der Waals surface area contributed by atoms with Gasteiger partial charge >= 0.3 is 37.7 Å². The van der Waals surface area contributed by atoms with E-state index in [1.165, 1.54) is 0 Å². The van der Waals surface area contributed by atoms with E-state index in [9.17, 15) is 0 Å². The third-order valence-corrected chi connectivity index (χ3v) is 1.51. The predicted octanol–water partition coefficient (Wildman–Crippen LogP) is -9.96. The fraction of sp³-hybridized carbons (Fsp3) is 1.00. The molecule has 9 heteroatoms. The van der Waals surface area contributed by atoms with Gasteiger partial charge in [0, 0.05) is 0 Å². The summed E-state index contributed by atoms with van der Waals surface area (Å²) in [6.45, 7) is -1.45. The van der Waals surface area contributed by atoms with E-state index in [1.807, 2.05) is 0 Å². The first-order valence-corrected chi connectivity index (χ1v) is 3.48. The van der Waals surface area contributed by atoms with Gasteiger partial charge in [0.25, 0.3) is 0 Å². The van der Waals surface area contributed by atoms with Gasteiger partial charge in [-0.3, -0.25) is 0 Å². The molecular weight excluding hydrogens is 279 g/mol. The second kappa shape index (κ2) is 13.7. The van der Waals surface area contributed by atoms with Crippen LogP contribution in [0.1, 0.15) is 0 Å². The molecule has 0 bridgehead atoms. The van der Waals surface area contributed by atoms with Crippen molar-refractivity contribution < 1.29 is 55.5 Å². The van der Waals surface area contributed by atoms with Crippen LogP contribution in [0, 0.1) is 0 Å². The van der Waals surface area contributed by atoms with Gasteiger partial charge in [-0.25, -0.2) is 0 Å². The summed E-state index contributed by atoms with van der Waals surface area (Å²) in [4.78, 5) is 0. The molecule has 0 aromatic carbocycles. The van der Waals surface area contributed by atoms with Crippen molar-refractivity contribution in [2.45, 2.75) is 24.4 Å². The molecule has 0 heterocycles. The molecule has 0 aliphatic carbocycles. The molecule has 0 radical (unpaired) electrons. The Labute approximate surface area is 130 Å². The largest absolute Gasteiger partial charge is 2.00 e. The average molecular weight is 293 g/mol. The van der Waals surface area contributed by atoms with E-state index in [0.717, 1.165) is 0 Å². The Morgan fingerprint density at radius 1 is 0.667 bits per heavy atom. The minimum atomic E-state index is -1.67. The van der Waals surface area contributed by atoms with E-state index < -0.39 is 37.6 Å². The van der Waals surface area contributed by atoms with Crippen molar-refractivity contribution in [1.29, 1.82) is 0 Å². The van der Waals surface area contributed by atoms with Crippen molar-refractivity contribution in [3.63, 3.8) is 0 Å². The summed E-state index contributed by atoms with van der Waals surface area (Å²) in [7, 11) is 0. The van der Waals surface area contributed by atoms with Crippen molar-refractivity contribution in [2.75, 3.05) is 13.2 Å². The number of halogens is 2. The molecule has 4 atom stereocenters. The minimum absolute atomic E-state index is 0. The third kappa shape index (κ3) is 9.31. The predicted molar refractivity (Wildman–Crippen MR) is 44.0 cm³/mol. The van der Waals surface area contributed by atoms with Crippen LogP contribution in [0.4, 0.5) is 0 Å². The van der Waals surface area contributed by atoms with Crippen molar-refractivity contribution in [1.82, 2.24) is 0 Å². The Hall–Kier alpha value is 1.60. The van der Waals surface area contributed by atoms with E-state index in [2.05, 4.69) is 0 Å². The normalized spacial score (nSPS) is 17.2. The van der Waals surface area contributed by atoms with E-state index in [4.69, 9.17) is 30.6 Å². The van der Waals surface area contributed by atoms with E-state index in [0.29, 0.717) is 0 Å². The second-order valence-corrected chi connectivity index (χ2v) is 2.48. The molecule has 0 aliphatic rings. The van der Waals surface area contributed by atoms with Gasteiger partial charge in [0.05, 0.1) is 13.2 Å². The van der Waals surface area contributed by atoms with Gasteiger partial charge in [0.1, 0.15) is 24.4 Å². The summed E-state index contributed by atoms with van der Waals surface area (Å²) in [5, 5.41) is 52.2. The number of hydrogen-bond acceptors (Lipinski definition) is 6. The average Bonchev–Trinajstić information content (AvgIpc) is 2.12. The molecule has 90 valence electrons. The molecule has 15 heavy (non-hydrogen) atoms. The van der Waals surface area contributed by atoms with Crippen molar-refractivity contribution in [3.8, 4) is 0 Å². The van der Waals surface area contributed by atoms with Crippen LogP contribution < -0.4 is 24.8 Å². The zero-order chi connectivity index (χ0) is 9.72. The number of aliphatic hydroxyl groups excluding tert-OH is 6. The van der Waals surface area contributed by atoms with E-state index in [1.54, 1.807) is 0 Å². The maximum atomic E-state index is 8.96. The first-order chi connectivity index (χ1) is 5.54. The molecule has 0 saturated carbocycles. The van der Waals surface area contributed by atoms with Crippen molar-refractivity contribution in [3.05, 3.63) is 0 Å². The molecule has 6 nitrogen and oxygen atoms in total. The van der Waals surface area contributed by atoms with Crippen molar-refractivity contribution in [2.24, 2.45) is 0 Å². The molecule has 0 spiro atoms. The van der Waals surface area contributed by atoms with Crippen LogP contribution in [0.25, 0.3) is 0 Å². The smallest absolute Gasteiger partial charge is 1.00 e. The van der Waals surface area contributed by atoms with Gasteiger partial charge in [-0.2, -0.15) is 0 Å². The van der Waals surface area contributed by atoms with Crippen LogP contribution in [-0.4, -0.2) is 106 Å². The maximum Gasteiger partial charge on any atom is 2.00 e. The molecule has 0 aliphatic heterocycles. The summed E-state index contributed by atoms with van der Waals surface area (Å²) in [5.74, 6) is 0. The number of hydrogen-bond donors (Lipinski definition) is 6. The summed E-state index contributed by atoms with van der Waals surface area (Å²) < 4.78 is 0. The van der Waals surface area contributed by atoms with E-state index >= 15 is 0 Å². The van der Waals surface area contributed by atoms with Gasteiger partial charge in [-0.1, -0.05) is 0 Å². The molecule has 0 amide bonds. The summed E-state index contributed by atoms with van der Waals surface area (Å²) in [6.07, 6.45) is -6.39.